The number of aliphatic carboxylic acids is 1. The summed E-state index contributed by atoms with van der Waals surface area (Å²) in [5, 5.41) is 9.20. The van der Waals surface area contributed by atoms with E-state index in [1.807, 2.05) is 12.1 Å². The van der Waals surface area contributed by atoms with E-state index < -0.39 is 11.2 Å². The van der Waals surface area contributed by atoms with E-state index in [9.17, 15) is 14.7 Å². The maximum absolute atomic E-state index is 12.2. The molecule has 2 aromatic carbocycles. The average Bonchev–Trinajstić information content (AvgIpc) is 2.53. The number of carboxylic acid groups (broad SMARTS) is 1. The van der Waals surface area contributed by atoms with Crippen molar-refractivity contribution in [3.05, 3.63) is 69.2 Å². The first kappa shape index (κ1) is 18.0. The van der Waals surface area contributed by atoms with Crippen molar-refractivity contribution in [1.82, 2.24) is 0 Å². The van der Waals surface area contributed by atoms with Crippen LogP contribution in [-0.2, 0) is 10.5 Å². The van der Waals surface area contributed by atoms with Gasteiger partial charge < -0.3 is 5.11 Å². The number of carboxylic acids is 1. The molecule has 3 nitrogen and oxygen atoms in total. The molecule has 0 radical (unpaired) electrons. The van der Waals surface area contributed by atoms with Crippen LogP contribution in [0.3, 0.4) is 0 Å². The number of carbonyl (C=O) groups excluding carboxylic acids is 1. The molecule has 23 heavy (non-hydrogen) atoms. The fraction of sp³-hybridized carbons (Fsp3) is 0.176. The van der Waals surface area contributed by atoms with Gasteiger partial charge in [0.25, 0.3) is 0 Å². The van der Waals surface area contributed by atoms with E-state index in [0.717, 1.165) is 10.0 Å². The van der Waals surface area contributed by atoms with Crippen molar-refractivity contribution in [2.45, 2.75) is 17.4 Å². The van der Waals surface area contributed by atoms with Crippen LogP contribution in [0.1, 0.15) is 22.3 Å². The van der Waals surface area contributed by atoms with Gasteiger partial charge in [-0.3, -0.25) is 9.59 Å². The molecule has 0 unspecified atom stereocenters. The lowest BCUT2D eigenvalue weighted by atomic mass is 10.1. The molecular weight excluding hydrogens is 400 g/mol. The van der Waals surface area contributed by atoms with Crippen molar-refractivity contribution in [3.8, 4) is 0 Å². The number of ketones is 1. The second-order valence-electron chi connectivity index (χ2n) is 4.90. The zero-order chi connectivity index (χ0) is 16.8. The second-order valence-corrected chi connectivity index (χ2v) is 7.44. The van der Waals surface area contributed by atoms with E-state index >= 15 is 0 Å². The van der Waals surface area contributed by atoms with Gasteiger partial charge in [-0.25, -0.2) is 0 Å². The van der Waals surface area contributed by atoms with Crippen LogP contribution in [0.15, 0.2) is 53.0 Å². The van der Waals surface area contributed by atoms with Gasteiger partial charge in [0.1, 0.15) is 5.25 Å². The van der Waals surface area contributed by atoms with Crippen LogP contribution in [0.4, 0.5) is 0 Å². The monoisotopic (exact) mass is 412 g/mol. The maximum Gasteiger partial charge on any atom is 0.317 e. The molecule has 0 aliphatic heterocycles. The summed E-state index contributed by atoms with van der Waals surface area (Å²) >= 11 is 10.4. The van der Waals surface area contributed by atoms with Crippen LogP contribution < -0.4 is 0 Å². The van der Waals surface area contributed by atoms with Crippen LogP contribution in [0.25, 0.3) is 0 Å². The fourth-order valence-electron chi connectivity index (χ4n) is 1.92. The summed E-state index contributed by atoms with van der Waals surface area (Å²) in [7, 11) is 0. The SMILES string of the molecule is O=C(C[C@@H](SCc1ccc(Cl)cc1)C(=O)O)c1ccc(Br)cc1. The highest BCUT2D eigenvalue weighted by molar-refractivity contribution is 9.10. The lowest BCUT2D eigenvalue weighted by molar-refractivity contribution is -0.136. The number of halogens is 2. The van der Waals surface area contributed by atoms with Gasteiger partial charge in [0.2, 0.25) is 0 Å². The minimum Gasteiger partial charge on any atom is -0.480 e. The summed E-state index contributed by atoms with van der Waals surface area (Å²) in [6.45, 7) is 0. The minimum absolute atomic E-state index is 0.0325. The molecule has 0 fully saturated rings. The summed E-state index contributed by atoms with van der Waals surface area (Å²) in [4.78, 5) is 23.6. The van der Waals surface area contributed by atoms with Gasteiger partial charge in [-0.15, -0.1) is 11.8 Å². The Labute approximate surface area is 152 Å². The molecule has 1 atom stereocenters. The summed E-state index contributed by atoms with van der Waals surface area (Å²) < 4.78 is 0.876. The highest BCUT2D eigenvalue weighted by Crippen LogP contribution is 2.23. The topological polar surface area (TPSA) is 54.4 Å². The Hall–Kier alpha value is -1.30. The number of thioether (sulfide) groups is 1. The first-order valence-electron chi connectivity index (χ1n) is 6.83. The normalized spacial score (nSPS) is 11.9. The van der Waals surface area contributed by atoms with Crippen LogP contribution >= 0.6 is 39.3 Å². The smallest absolute Gasteiger partial charge is 0.317 e. The van der Waals surface area contributed by atoms with Crippen molar-refractivity contribution < 1.29 is 14.7 Å². The van der Waals surface area contributed by atoms with Gasteiger partial charge in [-0.1, -0.05) is 51.8 Å². The highest BCUT2D eigenvalue weighted by atomic mass is 79.9. The largest absolute Gasteiger partial charge is 0.480 e. The van der Waals surface area contributed by atoms with E-state index in [4.69, 9.17) is 11.6 Å². The van der Waals surface area contributed by atoms with Crippen LogP contribution in [0, 0.1) is 0 Å². The van der Waals surface area contributed by atoms with E-state index in [2.05, 4.69) is 15.9 Å². The predicted molar refractivity (Wildman–Crippen MR) is 97.3 cm³/mol. The van der Waals surface area contributed by atoms with Crippen LogP contribution in [-0.4, -0.2) is 22.1 Å². The number of benzene rings is 2. The van der Waals surface area contributed by atoms with Gasteiger partial charge in [0.15, 0.2) is 5.78 Å². The molecule has 0 amide bonds. The molecule has 0 bridgehead atoms. The minimum atomic E-state index is -0.977. The molecule has 0 saturated heterocycles. The van der Waals surface area contributed by atoms with Gasteiger partial charge in [0, 0.05) is 27.2 Å². The molecule has 0 heterocycles. The van der Waals surface area contributed by atoms with Crippen LogP contribution in [0.2, 0.25) is 5.02 Å². The quantitative estimate of drug-likeness (QED) is 0.644. The molecule has 0 aliphatic carbocycles. The highest BCUT2D eigenvalue weighted by Gasteiger charge is 2.22. The number of hydrogen-bond donors (Lipinski definition) is 1. The first-order chi connectivity index (χ1) is 11.0. The Morgan fingerprint density at radius 3 is 2.26 bits per heavy atom. The van der Waals surface area contributed by atoms with E-state index in [0.29, 0.717) is 16.3 Å². The third-order valence-corrected chi connectivity index (χ3v) is 5.23. The van der Waals surface area contributed by atoms with Crippen molar-refractivity contribution in [2.24, 2.45) is 0 Å². The molecule has 2 rings (SSSR count). The van der Waals surface area contributed by atoms with E-state index in [1.165, 1.54) is 11.8 Å². The number of rotatable bonds is 7. The van der Waals surface area contributed by atoms with Gasteiger partial charge >= 0.3 is 5.97 Å². The summed E-state index contributed by atoms with van der Waals surface area (Å²) in [5.41, 5.74) is 1.49. The van der Waals surface area contributed by atoms with Crippen molar-refractivity contribution in [1.29, 1.82) is 0 Å². The Bertz CT molecular complexity index is 686. The molecule has 1 N–H and O–H groups in total. The fourth-order valence-corrected chi connectivity index (χ4v) is 3.31. The lowest BCUT2D eigenvalue weighted by Gasteiger charge is -2.11. The molecule has 0 spiro atoms. The Balaban J connectivity index is 1.98. The zero-order valence-electron chi connectivity index (χ0n) is 12.0. The van der Waals surface area contributed by atoms with Crippen LogP contribution in [0.5, 0.6) is 0 Å². The molecule has 0 aliphatic rings. The van der Waals surface area contributed by atoms with E-state index in [1.54, 1.807) is 36.4 Å². The van der Waals surface area contributed by atoms with E-state index in [-0.39, 0.29) is 12.2 Å². The van der Waals surface area contributed by atoms with Crippen molar-refractivity contribution >= 4 is 51.0 Å². The average molecular weight is 414 g/mol. The van der Waals surface area contributed by atoms with Crippen molar-refractivity contribution in [3.63, 3.8) is 0 Å². The third kappa shape index (κ3) is 5.68. The molecule has 6 heteroatoms. The molecule has 0 saturated carbocycles. The Morgan fingerprint density at radius 1 is 1.09 bits per heavy atom. The Kier molecular flexibility index (Phi) is 6.69. The molecular formula is C17H14BrClO3S. The third-order valence-electron chi connectivity index (χ3n) is 3.18. The number of carbonyl (C=O) groups is 2. The van der Waals surface area contributed by atoms with Gasteiger partial charge in [-0.05, 0) is 29.8 Å². The molecule has 0 aromatic heterocycles. The van der Waals surface area contributed by atoms with Gasteiger partial charge in [0.05, 0.1) is 0 Å². The zero-order valence-corrected chi connectivity index (χ0v) is 15.2. The van der Waals surface area contributed by atoms with Gasteiger partial charge in [-0.2, -0.15) is 0 Å². The summed E-state index contributed by atoms with van der Waals surface area (Å²) in [6, 6.07) is 14.1. The standard InChI is InChI=1S/C17H14BrClO3S/c18-13-5-3-12(4-6-13)15(20)9-16(17(21)22)23-10-11-1-7-14(19)8-2-11/h1-8,16H,9-10H2,(H,21,22)/t16-/m1/s1. The molecule has 2 aromatic rings. The van der Waals surface area contributed by atoms with Crippen molar-refractivity contribution in [2.75, 3.05) is 0 Å². The number of hydrogen-bond acceptors (Lipinski definition) is 3. The molecule has 120 valence electrons. The first-order valence-corrected chi connectivity index (χ1v) is 9.05. The number of Topliss-reactive ketones (excluding diaryl/α,β-unsaturated/α-hetero) is 1. The second kappa shape index (κ2) is 8.52. The predicted octanol–water partition coefficient (Wildman–Crippen LogP) is 5.06. The summed E-state index contributed by atoms with van der Waals surface area (Å²) in [6.07, 6.45) is -0.0325. The maximum atomic E-state index is 12.2. The summed E-state index contributed by atoms with van der Waals surface area (Å²) in [5.74, 6) is -0.634. The lowest BCUT2D eigenvalue weighted by Crippen LogP contribution is -2.21. The Morgan fingerprint density at radius 2 is 1.70 bits per heavy atom.